The van der Waals surface area contributed by atoms with E-state index >= 15 is 0 Å². The maximum atomic E-state index is 12.2. The Morgan fingerprint density at radius 3 is 2.38 bits per heavy atom. The minimum absolute atomic E-state index is 0.0690. The number of thiazole rings is 1. The first-order chi connectivity index (χ1) is 13.8. The van der Waals surface area contributed by atoms with Crippen LogP contribution in [-0.2, 0) is 16.0 Å². The zero-order chi connectivity index (χ0) is 21.0. The molecule has 1 heterocycles. The summed E-state index contributed by atoms with van der Waals surface area (Å²) in [7, 11) is 0. The highest BCUT2D eigenvalue weighted by atomic mass is 32.1. The average molecular weight is 408 g/mol. The number of anilines is 1. The van der Waals surface area contributed by atoms with Gasteiger partial charge in [0.05, 0.1) is 18.7 Å². The number of nitrogens with zero attached hydrogens (tertiary/aromatic N) is 1. The van der Waals surface area contributed by atoms with E-state index in [9.17, 15) is 9.59 Å². The molecule has 2 amide bonds. The molecule has 3 aromatic rings. The number of aryl methyl sites for hydroxylation is 4. The van der Waals surface area contributed by atoms with Crippen molar-refractivity contribution >= 4 is 28.8 Å². The maximum absolute atomic E-state index is 12.2. The molecule has 29 heavy (non-hydrogen) atoms. The van der Waals surface area contributed by atoms with Gasteiger partial charge in [0, 0.05) is 16.6 Å². The Kier molecular flexibility index (Phi) is 6.44. The lowest BCUT2D eigenvalue weighted by atomic mass is 10.1. The minimum Gasteiger partial charge on any atom is -0.347 e. The van der Waals surface area contributed by atoms with Crippen molar-refractivity contribution in [1.29, 1.82) is 0 Å². The van der Waals surface area contributed by atoms with Gasteiger partial charge in [0.2, 0.25) is 11.8 Å². The fourth-order valence-corrected chi connectivity index (χ4v) is 4.08. The summed E-state index contributed by atoms with van der Waals surface area (Å²) < 4.78 is 0. The van der Waals surface area contributed by atoms with E-state index in [4.69, 9.17) is 0 Å². The number of carbonyl (C=O) groups is 2. The van der Waals surface area contributed by atoms with Crippen molar-refractivity contribution in [3.05, 3.63) is 69.7 Å². The van der Waals surface area contributed by atoms with Crippen molar-refractivity contribution in [2.75, 3.05) is 11.9 Å². The van der Waals surface area contributed by atoms with Crippen LogP contribution < -0.4 is 10.6 Å². The SMILES string of the molecule is Cc1cccc(-c2nc(CC(=O)NCC(=O)Nc3c(C)cc(C)cc3C)cs2)c1. The summed E-state index contributed by atoms with van der Waals surface area (Å²) in [6.45, 7) is 7.91. The smallest absolute Gasteiger partial charge is 0.243 e. The molecule has 0 aliphatic carbocycles. The summed E-state index contributed by atoms with van der Waals surface area (Å²) in [5, 5.41) is 8.34. The molecule has 0 spiro atoms. The number of amides is 2. The number of aromatic nitrogens is 1. The van der Waals surface area contributed by atoms with Crippen LogP contribution in [0.2, 0.25) is 0 Å². The molecule has 5 nitrogen and oxygen atoms in total. The Hall–Kier alpha value is -2.99. The van der Waals surface area contributed by atoms with Crippen molar-refractivity contribution < 1.29 is 9.59 Å². The highest BCUT2D eigenvalue weighted by molar-refractivity contribution is 7.13. The fourth-order valence-electron chi connectivity index (χ4n) is 3.27. The molecule has 0 unspecified atom stereocenters. The quantitative estimate of drug-likeness (QED) is 0.638. The Labute approximate surface area is 175 Å². The molecule has 6 heteroatoms. The van der Waals surface area contributed by atoms with Crippen LogP contribution >= 0.6 is 11.3 Å². The first kappa shape index (κ1) is 20.7. The summed E-state index contributed by atoms with van der Waals surface area (Å²) in [6.07, 6.45) is 0.151. The Balaban J connectivity index is 1.53. The van der Waals surface area contributed by atoms with Crippen LogP contribution in [0.5, 0.6) is 0 Å². The molecule has 0 aliphatic heterocycles. The number of benzene rings is 2. The number of hydrogen-bond donors (Lipinski definition) is 2. The predicted molar refractivity (Wildman–Crippen MR) is 118 cm³/mol. The van der Waals surface area contributed by atoms with E-state index in [2.05, 4.69) is 21.7 Å². The van der Waals surface area contributed by atoms with Crippen molar-refractivity contribution in [2.45, 2.75) is 34.1 Å². The van der Waals surface area contributed by atoms with Gasteiger partial charge in [0.15, 0.2) is 0 Å². The van der Waals surface area contributed by atoms with Crippen LogP contribution in [0.15, 0.2) is 41.8 Å². The van der Waals surface area contributed by atoms with Crippen LogP contribution in [0.4, 0.5) is 5.69 Å². The van der Waals surface area contributed by atoms with Gasteiger partial charge in [-0.05, 0) is 44.9 Å². The molecular weight excluding hydrogens is 382 g/mol. The van der Waals surface area contributed by atoms with E-state index in [0.717, 1.165) is 32.9 Å². The third kappa shape index (κ3) is 5.51. The number of rotatable bonds is 6. The lowest BCUT2D eigenvalue weighted by molar-refractivity contribution is -0.123. The molecule has 1 aromatic heterocycles. The Morgan fingerprint density at radius 1 is 0.966 bits per heavy atom. The van der Waals surface area contributed by atoms with E-state index in [-0.39, 0.29) is 24.8 Å². The van der Waals surface area contributed by atoms with Gasteiger partial charge in [0.1, 0.15) is 5.01 Å². The molecular formula is C23H25N3O2S. The van der Waals surface area contributed by atoms with E-state index in [1.807, 2.05) is 63.4 Å². The van der Waals surface area contributed by atoms with E-state index < -0.39 is 0 Å². The van der Waals surface area contributed by atoms with Gasteiger partial charge in [-0.15, -0.1) is 11.3 Å². The third-order valence-corrected chi connectivity index (χ3v) is 5.49. The van der Waals surface area contributed by atoms with Crippen molar-refractivity contribution in [2.24, 2.45) is 0 Å². The Bertz CT molecular complexity index is 1030. The summed E-state index contributed by atoms with van der Waals surface area (Å²) in [6, 6.07) is 12.2. The number of hydrogen-bond acceptors (Lipinski definition) is 4. The predicted octanol–water partition coefficient (Wildman–Crippen LogP) is 4.34. The molecule has 2 N–H and O–H groups in total. The first-order valence-electron chi connectivity index (χ1n) is 9.47. The van der Waals surface area contributed by atoms with Crippen molar-refractivity contribution in [3.8, 4) is 10.6 Å². The topological polar surface area (TPSA) is 71.1 Å². The van der Waals surface area contributed by atoms with Crippen LogP contribution in [0.1, 0.15) is 27.9 Å². The monoisotopic (exact) mass is 407 g/mol. The fraction of sp³-hybridized carbons (Fsp3) is 0.261. The standard InChI is InChI=1S/C23H25N3O2S/c1-14-6-5-7-18(10-14)23-25-19(13-29-23)11-20(27)24-12-21(28)26-22-16(3)8-15(2)9-17(22)4/h5-10,13H,11-12H2,1-4H3,(H,24,27)(H,26,28). The van der Waals surface area contributed by atoms with Gasteiger partial charge in [-0.1, -0.05) is 41.5 Å². The molecule has 0 aliphatic rings. The highest BCUT2D eigenvalue weighted by Crippen LogP contribution is 2.24. The third-order valence-electron chi connectivity index (χ3n) is 4.55. The zero-order valence-electron chi connectivity index (χ0n) is 17.1. The lowest BCUT2D eigenvalue weighted by Gasteiger charge is -2.13. The molecule has 3 rings (SSSR count). The second-order valence-electron chi connectivity index (χ2n) is 7.29. The van der Waals surface area contributed by atoms with Gasteiger partial charge < -0.3 is 10.6 Å². The van der Waals surface area contributed by atoms with Gasteiger partial charge in [-0.3, -0.25) is 9.59 Å². The van der Waals surface area contributed by atoms with Crippen LogP contribution in [0, 0.1) is 27.7 Å². The summed E-state index contributed by atoms with van der Waals surface area (Å²) in [5.74, 6) is -0.467. The second kappa shape index (κ2) is 9.01. The largest absolute Gasteiger partial charge is 0.347 e. The Morgan fingerprint density at radius 2 is 1.69 bits per heavy atom. The average Bonchev–Trinajstić information content (AvgIpc) is 3.11. The van der Waals surface area contributed by atoms with Crippen LogP contribution in [0.3, 0.4) is 0 Å². The molecule has 0 fully saturated rings. The van der Waals surface area contributed by atoms with E-state index in [1.165, 1.54) is 16.9 Å². The van der Waals surface area contributed by atoms with Crippen LogP contribution in [-0.4, -0.2) is 23.3 Å². The second-order valence-corrected chi connectivity index (χ2v) is 8.15. The molecule has 0 atom stereocenters. The summed E-state index contributed by atoms with van der Waals surface area (Å²) in [4.78, 5) is 29.0. The van der Waals surface area contributed by atoms with Gasteiger partial charge >= 0.3 is 0 Å². The van der Waals surface area contributed by atoms with Gasteiger partial charge in [0.25, 0.3) is 0 Å². The summed E-state index contributed by atoms with van der Waals surface area (Å²) in [5.41, 5.74) is 6.89. The molecule has 0 radical (unpaired) electrons. The normalized spacial score (nSPS) is 10.6. The molecule has 0 bridgehead atoms. The maximum Gasteiger partial charge on any atom is 0.243 e. The zero-order valence-corrected chi connectivity index (χ0v) is 17.9. The molecule has 150 valence electrons. The van der Waals surface area contributed by atoms with Crippen molar-refractivity contribution in [1.82, 2.24) is 10.3 Å². The molecule has 0 saturated heterocycles. The molecule has 2 aromatic carbocycles. The van der Waals surface area contributed by atoms with Crippen molar-refractivity contribution in [3.63, 3.8) is 0 Å². The lowest BCUT2D eigenvalue weighted by Crippen LogP contribution is -2.34. The van der Waals surface area contributed by atoms with E-state index in [0.29, 0.717) is 5.69 Å². The highest BCUT2D eigenvalue weighted by Gasteiger charge is 2.12. The first-order valence-corrected chi connectivity index (χ1v) is 10.4. The minimum atomic E-state index is -0.243. The number of carbonyl (C=O) groups excluding carboxylic acids is 2. The number of nitrogens with one attached hydrogen (secondary N) is 2. The van der Waals surface area contributed by atoms with Crippen LogP contribution in [0.25, 0.3) is 10.6 Å². The van der Waals surface area contributed by atoms with Gasteiger partial charge in [-0.25, -0.2) is 4.98 Å². The van der Waals surface area contributed by atoms with Gasteiger partial charge in [-0.2, -0.15) is 0 Å². The molecule has 0 saturated carbocycles. The van der Waals surface area contributed by atoms with E-state index in [1.54, 1.807) is 0 Å². The summed E-state index contributed by atoms with van der Waals surface area (Å²) >= 11 is 1.51.